The lowest BCUT2D eigenvalue weighted by Crippen LogP contribution is -2.24. The van der Waals surface area contributed by atoms with Gasteiger partial charge >= 0.3 is 0 Å². The highest BCUT2D eigenvalue weighted by Crippen LogP contribution is 2.34. The monoisotopic (exact) mass is 311 g/mol. The quantitative estimate of drug-likeness (QED) is 0.784. The van der Waals surface area contributed by atoms with Crippen LogP contribution < -0.4 is 4.90 Å². The Kier molecular flexibility index (Phi) is 3.12. The number of hydrogen-bond donors (Lipinski definition) is 1. The molecule has 5 heteroatoms. The number of H-pyrrole nitrogens is 1. The van der Waals surface area contributed by atoms with E-state index in [1.165, 1.54) is 0 Å². The van der Waals surface area contributed by atoms with Gasteiger partial charge in [0.2, 0.25) is 5.91 Å². The summed E-state index contributed by atoms with van der Waals surface area (Å²) in [6, 6.07) is 15.3. The fourth-order valence-electron chi connectivity index (χ4n) is 2.96. The van der Waals surface area contributed by atoms with Gasteiger partial charge in [0.25, 0.3) is 0 Å². The van der Waals surface area contributed by atoms with Crippen molar-refractivity contribution in [3.63, 3.8) is 0 Å². The fourth-order valence-corrected chi connectivity index (χ4v) is 3.20. The summed E-state index contributed by atoms with van der Waals surface area (Å²) in [6.07, 6.45) is 0.449. The average Bonchev–Trinajstić information content (AvgIpc) is 3.11. The second-order valence-electron chi connectivity index (χ2n) is 5.50. The van der Waals surface area contributed by atoms with E-state index in [1.807, 2.05) is 42.5 Å². The number of nitrogens with zero attached hydrogens (tertiary/aromatic N) is 2. The first-order chi connectivity index (χ1) is 10.7. The molecule has 4 rings (SSSR count). The molecule has 2 aromatic carbocycles. The minimum absolute atomic E-state index is 0.0659. The number of imidazole rings is 1. The Labute approximate surface area is 132 Å². The van der Waals surface area contributed by atoms with Crippen LogP contribution in [0.3, 0.4) is 0 Å². The molecule has 0 bridgehead atoms. The van der Waals surface area contributed by atoms with Crippen LogP contribution in [-0.4, -0.2) is 22.4 Å². The third-order valence-corrected chi connectivity index (χ3v) is 4.38. The normalized spacial score (nSPS) is 18.3. The topological polar surface area (TPSA) is 49.0 Å². The number of carbonyl (C=O) groups is 1. The molecule has 1 saturated heterocycles. The number of amides is 1. The van der Waals surface area contributed by atoms with Crippen LogP contribution >= 0.6 is 11.6 Å². The van der Waals surface area contributed by atoms with Gasteiger partial charge in [0.15, 0.2) is 0 Å². The van der Waals surface area contributed by atoms with Gasteiger partial charge in [0.05, 0.1) is 21.7 Å². The molecule has 0 aliphatic carbocycles. The second-order valence-corrected chi connectivity index (χ2v) is 5.90. The van der Waals surface area contributed by atoms with Gasteiger partial charge in [-0.3, -0.25) is 4.79 Å². The molecule has 3 aromatic rings. The predicted molar refractivity (Wildman–Crippen MR) is 87.3 cm³/mol. The van der Waals surface area contributed by atoms with Crippen molar-refractivity contribution in [3.05, 3.63) is 59.4 Å². The molecule has 2 heterocycles. The van der Waals surface area contributed by atoms with Crippen molar-refractivity contribution in [1.29, 1.82) is 0 Å². The minimum Gasteiger partial charge on any atom is -0.342 e. The first-order valence-corrected chi connectivity index (χ1v) is 7.60. The molecule has 0 spiro atoms. The maximum atomic E-state index is 12.4. The van der Waals surface area contributed by atoms with Gasteiger partial charge in [0, 0.05) is 18.9 Å². The SMILES string of the molecule is O=C1C[C@H](c2nc3ccccc3[nH]2)CN1c1ccccc1Cl. The molecule has 1 N–H and O–H groups in total. The van der Waals surface area contributed by atoms with Gasteiger partial charge in [-0.15, -0.1) is 0 Å². The molecule has 4 nitrogen and oxygen atoms in total. The highest BCUT2D eigenvalue weighted by atomic mass is 35.5. The predicted octanol–water partition coefficient (Wildman–Crippen LogP) is 3.74. The number of carbonyl (C=O) groups excluding carboxylic acids is 1. The van der Waals surface area contributed by atoms with Crippen molar-refractivity contribution >= 4 is 34.2 Å². The maximum Gasteiger partial charge on any atom is 0.227 e. The van der Waals surface area contributed by atoms with Gasteiger partial charge in [-0.05, 0) is 24.3 Å². The van der Waals surface area contributed by atoms with Gasteiger partial charge in [-0.2, -0.15) is 0 Å². The van der Waals surface area contributed by atoms with Gasteiger partial charge in [0.1, 0.15) is 5.82 Å². The van der Waals surface area contributed by atoms with E-state index in [1.54, 1.807) is 11.0 Å². The van der Waals surface area contributed by atoms with E-state index in [-0.39, 0.29) is 11.8 Å². The van der Waals surface area contributed by atoms with Crippen molar-refractivity contribution in [2.45, 2.75) is 12.3 Å². The van der Waals surface area contributed by atoms with Crippen LogP contribution in [-0.2, 0) is 4.79 Å². The number of hydrogen-bond acceptors (Lipinski definition) is 2. The van der Waals surface area contributed by atoms with E-state index in [2.05, 4.69) is 9.97 Å². The molecular weight excluding hydrogens is 298 g/mol. The number of para-hydroxylation sites is 3. The molecule has 0 unspecified atom stereocenters. The Morgan fingerprint density at radius 3 is 2.73 bits per heavy atom. The van der Waals surface area contributed by atoms with Crippen molar-refractivity contribution in [1.82, 2.24) is 9.97 Å². The van der Waals surface area contributed by atoms with Crippen LogP contribution in [0, 0.1) is 0 Å². The van der Waals surface area contributed by atoms with E-state index in [0.29, 0.717) is 18.0 Å². The largest absolute Gasteiger partial charge is 0.342 e. The highest BCUT2D eigenvalue weighted by molar-refractivity contribution is 6.33. The third-order valence-electron chi connectivity index (χ3n) is 4.06. The van der Waals surface area contributed by atoms with E-state index in [4.69, 9.17) is 11.6 Å². The zero-order valence-corrected chi connectivity index (χ0v) is 12.5. The van der Waals surface area contributed by atoms with Crippen LogP contribution in [0.1, 0.15) is 18.2 Å². The lowest BCUT2D eigenvalue weighted by atomic mass is 10.1. The van der Waals surface area contributed by atoms with E-state index < -0.39 is 0 Å². The summed E-state index contributed by atoms with van der Waals surface area (Å²) >= 11 is 6.21. The number of fused-ring (bicyclic) bond motifs is 1. The highest BCUT2D eigenvalue weighted by Gasteiger charge is 2.34. The second kappa shape index (κ2) is 5.14. The number of rotatable bonds is 2. The number of halogens is 1. The summed E-state index contributed by atoms with van der Waals surface area (Å²) in [5, 5.41) is 0.598. The van der Waals surface area contributed by atoms with Crippen LogP contribution in [0.15, 0.2) is 48.5 Å². The number of benzene rings is 2. The summed E-state index contributed by atoms with van der Waals surface area (Å²) in [5.74, 6) is 1.01. The molecule has 1 aliphatic heterocycles. The first kappa shape index (κ1) is 13.3. The molecule has 0 saturated carbocycles. The van der Waals surface area contributed by atoms with Gasteiger partial charge < -0.3 is 9.88 Å². The van der Waals surface area contributed by atoms with E-state index in [9.17, 15) is 4.79 Å². The molecule has 0 radical (unpaired) electrons. The Bertz CT molecular complexity index is 825. The summed E-state index contributed by atoms with van der Waals surface area (Å²) in [4.78, 5) is 22.0. The summed E-state index contributed by atoms with van der Waals surface area (Å²) < 4.78 is 0. The van der Waals surface area contributed by atoms with Crippen LogP contribution in [0.25, 0.3) is 11.0 Å². The molecule has 22 heavy (non-hydrogen) atoms. The van der Waals surface area contributed by atoms with Crippen LogP contribution in [0.2, 0.25) is 5.02 Å². The maximum absolute atomic E-state index is 12.4. The number of nitrogens with one attached hydrogen (secondary N) is 1. The summed E-state index contributed by atoms with van der Waals surface area (Å²) in [7, 11) is 0. The molecule has 1 atom stereocenters. The molecule has 110 valence electrons. The van der Waals surface area contributed by atoms with Crippen molar-refractivity contribution in [2.75, 3.05) is 11.4 Å². The van der Waals surface area contributed by atoms with Crippen LogP contribution in [0.4, 0.5) is 5.69 Å². The molecule has 1 aromatic heterocycles. The fraction of sp³-hybridized carbons (Fsp3) is 0.176. The zero-order chi connectivity index (χ0) is 15.1. The summed E-state index contributed by atoms with van der Waals surface area (Å²) in [5.41, 5.74) is 2.70. The Morgan fingerprint density at radius 2 is 1.91 bits per heavy atom. The Balaban J connectivity index is 1.66. The van der Waals surface area contributed by atoms with Crippen molar-refractivity contribution in [3.8, 4) is 0 Å². The average molecular weight is 312 g/mol. The van der Waals surface area contributed by atoms with Crippen molar-refractivity contribution < 1.29 is 4.79 Å². The van der Waals surface area contributed by atoms with Gasteiger partial charge in [-0.25, -0.2) is 4.98 Å². The molecule has 1 fully saturated rings. The Hall–Kier alpha value is -2.33. The zero-order valence-electron chi connectivity index (χ0n) is 11.8. The molecule has 1 amide bonds. The lowest BCUT2D eigenvalue weighted by molar-refractivity contribution is -0.117. The van der Waals surface area contributed by atoms with Crippen LogP contribution in [0.5, 0.6) is 0 Å². The molecule has 1 aliphatic rings. The number of anilines is 1. The minimum atomic E-state index is 0.0659. The van der Waals surface area contributed by atoms with Gasteiger partial charge in [-0.1, -0.05) is 35.9 Å². The van der Waals surface area contributed by atoms with E-state index in [0.717, 1.165) is 22.5 Å². The Morgan fingerprint density at radius 1 is 1.14 bits per heavy atom. The smallest absolute Gasteiger partial charge is 0.227 e. The lowest BCUT2D eigenvalue weighted by Gasteiger charge is -2.17. The first-order valence-electron chi connectivity index (χ1n) is 7.22. The standard InChI is InChI=1S/C17H14ClN3O/c18-12-5-1-4-8-15(12)21-10-11(9-16(21)22)17-19-13-6-2-3-7-14(13)20-17/h1-8,11H,9-10H2,(H,19,20)/t11-/m0/s1. The number of aromatic nitrogens is 2. The van der Waals surface area contributed by atoms with Crippen molar-refractivity contribution in [2.24, 2.45) is 0 Å². The third kappa shape index (κ3) is 2.16. The van der Waals surface area contributed by atoms with E-state index >= 15 is 0 Å². The summed E-state index contributed by atoms with van der Waals surface area (Å²) in [6.45, 7) is 0.600. The molecular formula is C17H14ClN3O. The number of aromatic amines is 1.